The van der Waals surface area contributed by atoms with Crippen LogP contribution in [0.3, 0.4) is 0 Å². The number of hydrogen-bond donors (Lipinski definition) is 1. The fourth-order valence-corrected chi connectivity index (χ4v) is 2.30. The Morgan fingerprint density at radius 1 is 1.04 bits per heavy atom. The van der Waals surface area contributed by atoms with Crippen LogP contribution in [-0.4, -0.2) is 10.9 Å². The van der Waals surface area contributed by atoms with Crippen LogP contribution >= 0.6 is 11.6 Å². The van der Waals surface area contributed by atoms with E-state index in [1.54, 1.807) is 18.2 Å². The van der Waals surface area contributed by atoms with Crippen LogP contribution in [0.1, 0.15) is 15.9 Å². The molecule has 4 nitrogen and oxygen atoms in total. The molecule has 0 aliphatic carbocycles. The van der Waals surface area contributed by atoms with Crippen LogP contribution in [0.5, 0.6) is 5.75 Å². The summed E-state index contributed by atoms with van der Waals surface area (Å²) in [6.07, 6.45) is 1.50. The second-order valence-electron chi connectivity index (χ2n) is 5.12. The Balaban J connectivity index is 1.59. The van der Waals surface area contributed by atoms with Gasteiger partial charge >= 0.3 is 0 Å². The summed E-state index contributed by atoms with van der Waals surface area (Å²) in [5.74, 6) is 0.501. The average Bonchev–Trinajstić information content (AvgIpc) is 2.62. The second kappa shape index (κ2) is 7.62. The van der Waals surface area contributed by atoms with E-state index in [1.165, 1.54) is 12.3 Å². The van der Waals surface area contributed by atoms with Gasteiger partial charge in [-0.15, -0.1) is 0 Å². The fourth-order valence-electron chi connectivity index (χ4n) is 2.12. The van der Waals surface area contributed by atoms with Crippen LogP contribution in [0.2, 0.25) is 5.15 Å². The van der Waals surface area contributed by atoms with Gasteiger partial charge in [0.25, 0.3) is 5.91 Å². The number of carbonyl (C=O) groups is 1. The van der Waals surface area contributed by atoms with E-state index in [-0.39, 0.29) is 11.1 Å². The maximum atomic E-state index is 12.1. The number of benzene rings is 2. The molecule has 0 spiro atoms. The van der Waals surface area contributed by atoms with Gasteiger partial charge in [-0.05, 0) is 42.0 Å². The number of pyridine rings is 1. The van der Waals surface area contributed by atoms with Crippen molar-refractivity contribution in [3.63, 3.8) is 0 Å². The first kappa shape index (κ1) is 16.0. The first-order chi connectivity index (χ1) is 11.7. The molecule has 0 radical (unpaired) electrons. The molecule has 3 rings (SSSR count). The Bertz CT molecular complexity index is 820. The minimum absolute atomic E-state index is 0.239. The van der Waals surface area contributed by atoms with Gasteiger partial charge in [-0.3, -0.25) is 4.79 Å². The minimum atomic E-state index is -0.239. The highest BCUT2D eigenvalue weighted by molar-refractivity contribution is 6.29. The summed E-state index contributed by atoms with van der Waals surface area (Å²) in [7, 11) is 0. The van der Waals surface area contributed by atoms with Crippen LogP contribution in [0.15, 0.2) is 72.9 Å². The average molecular weight is 339 g/mol. The molecular formula is C19H15ClN2O2. The number of amides is 1. The van der Waals surface area contributed by atoms with Gasteiger partial charge in [-0.1, -0.05) is 41.9 Å². The Kier molecular flexibility index (Phi) is 5.08. The summed E-state index contributed by atoms with van der Waals surface area (Å²) >= 11 is 5.79. The van der Waals surface area contributed by atoms with Gasteiger partial charge in [0.2, 0.25) is 0 Å². The molecule has 0 aliphatic heterocycles. The summed E-state index contributed by atoms with van der Waals surface area (Å²) < 4.78 is 5.71. The van der Waals surface area contributed by atoms with Gasteiger partial charge in [-0.2, -0.15) is 0 Å². The predicted molar refractivity (Wildman–Crippen MR) is 94.4 cm³/mol. The summed E-state index contributed by atoms with van der Waals surface area (Å²) in [6, 6.07) is 20.3. The second-order valence-corrected chi connectivity index (χ2v) is 5.51. The first-order valence-electron chi connectivity index (χ1n) is 7.40. The molecule has 120 valence electrons. The normalized spacial score (nSPS) is 10.2. The van der Waals surface area contributed by atoms with Gasteiger partial charge < -0.3 is 10.1 Å². The summed E-state index contributed by atoms with van der Waals surface area (Å²) in [5, 5.41) is 3.09. The Morgan fingerprint density at radius 3 is 2.50 bits per heavy atom. The lowest BCUT2D eigenvalue weighted by atomic mass is 10.2. The van der Waals surface area contributed by atoms with E-state index in [1.807, 2.05) is 42.5 Å². The Morgan fingerprint density at radius 2 is 1.79 bits per heavy atom. The number of nitrogens with one attached hydrogen (secondary N) is 1. The summed E-state index contributed by atoms with van der Waals surface area (Å²) in [4.78, 5) is 16.0. The van der Waals surface area contributed by atoms with E-state index in [9.17, 15) is 4.79 Å². The van der Waals surface area contributed by atoms with Crippen LogP contribution in [0.25, 0.3) is 0 Å². The minimum Gasteiger partial charge on any atom is -0.489 e. The van der Waals surface area contributed by atoms with E-state index in [0.29, 0.717) is 17.9 Å². The molecule has 5 heteroatoms. The molecule has 1 amide bonds. The van der Waals surface area contributed by atoms with Gasteiger partial charge in [0.15, 0.2) is 0 Å². The van der Waals surface area contributed by atoms with Gasteiger partial charge in [0, 0.05) is 17.4 Å². The van der Waals surface area contributed by atoms with Crippen LogP contribution in [0.4, 0.5) is 5.69 Å². The molecule has 24 heavy (non-hydrogen) atoms. The molecule has 3 aromatic rings. The maximum Gasteiger partial charge on any atom is 0.255 e. The van der Waals surface area contributed by atoms with E-state index >= 15 is 0 Å². The third-order valence-electron chi connectivity index (χ3n) is 3.35. The molecular weight excluding hydrogens is 324 g/mol. The van der Waals surface area contributed by atoms with Crippen molar-refractivity contribution in [3.05, 3.63) is 89.2 Å². The third kappa shape index (κ3) is 4.33. The van der Waals surface area contributed by atoms with Gasteiger partial charge in [0.05, 0.1) is 0 Å². The number of ether oxygens (including phenoxy) is 1. The highest BCUT2D eigenvalue weighted by atomic mass is 35.5. The molecule has 0 unspecified atom stereocenters. The van der Waals surface area contributed by atoms with Crippen LogP contribution in [0, 0.1) is 0 Å². The smallest absolute Gasteiger partial charge is 0.255 e. The molecule has 0 bridgehead atoms. The monoisotopic (exact) mass is 338 g/mol. The molecule has 2 aromatic carbocycles. The van der Waals surface area contributed by atoms with Crippen molar-refractivity contribution < 1.29 is 9.53 Å². The zero-order valence-electron chi connectivity index (χ0n) is 12.8. The largest absolute Gasteiger partial charge is 0.489 e. The van der Waals surface area contributed by atoms with Crippen molar-refractivity contribution in [1.29, 1.82) is 0 Å². The van der Waals surface area contributed by atoms with Gasteiger partial charge in [-0.25, -0.2) is 4.98 Å². The first-order valence-corrected chi connectivity index (χ1v) is 7.78. The molecule has 0 atom stereocenters. The predicted octanol–water partition coefficient (Wildman–Crippen LogP) is 4.57. The highest BCUT2D eigenvalue weighted by Gasteiger charge is 2.07. The molecule has 0 saturated heterocycles. The van der Waals surface area contributed by atoms with E-state index < -0.39 is 0 Å². The quantitative estimate of drug-likeness (QED) is 0.693. The fraction of sp³-hybridized carbons (Fsp3) is 0.0526. The number of hydrogen-bond acceptors (Lipinski definition) is 3. The SMILES string of the molecule is O=C(Nc1ccc(OCc2ccccc2)cc1)c1ccnc(Cl)c1. The Labute approximate surface area is 145 Å². The molecule has 0 saturated carbocycles. The van der Waals surface area contributed by atoms with Crippen molar-refractivity contribution >= 4 is 23.2 Å². The maximum absolute atomic E-state index is 12.1. The zero-order valence-corrected chi connectivity index (χ0v) is 13.5. The van der Waals surface area contributed by atoms with Crippen LogP contribution in [-0.2, 0) is 6.61 Å². The summed E-state index contributed by atoms with van der Waals surface area (Å²) in [6.45, 7) is 0.502. The van der Waals surface area contributed by atoms with Crippen molar-refractivity contribution in [1.82, 2.24) is 4.98 Å². The third-order valence-corrected chi connectivity index (χ3v) is 3.56. The molecule has 1 N–H and O–H groups in total. The van der Waals surface area contributed by atoms with E-state index in [2.05, 4.69) is 10.3 Å². The van der Waals surface area contributed by atoms with Crippen molar-refractivity contribution in [2.45, 2.75) is 6.61 Å². The zero-order chi connectivity index (χ0) is 16.8. The number of aromatic nitrogens is 1. The molecule has 1 heterocycles. The highest BCUT2D eigenvalue weighted by Crippen LogP contribution is 2.18. The standard InChI is InChI=1S/C19H15ClN2O2/c20-18-12-15(10-11-21-18)19(23)22-16-6-8-17(9-7-16)24-13-14-4-2-1-3-5-14/h1-12H,13H2,(H,22,23). The lowest BCUT2D eigenvalue weighted by Crippen LogP contribution is -2.11. The molecule has 1 aromatic heterocycles. The van der Waals surface area contributed by atoms with Crippen LogP contribution < -0.4 is 10.1 Å². The lowest BCUT2D eigenvalue weighted by Gasteiger charge is -2.08. The number of anilines is 1. The van der Waals surface area contributed by atoms with Gasteiger partial charge in [0.1, 0.15) is 17.5 Å². The number of carbonyl (C=O) groups excluding carboxylic acids is 1. The van der Waals surface area contributed by atoms with Crippen molar-refractivity contribution in [2.75, 3.05) is 5.32 Å². The number of rotatable bonds is 5. The lowest BCUT2D eigenvalue weighted by molar-refractivity contribution is 0.102. The molecule has 0 aliphatic rings. The van der Waals surface area contributed by atoms with Crippen molar-refractivity contribution in [2.24, 2.45) is 0 Å². The topological polar surface area (TPSA) is 51.2 Å². The Hall–Kier alpha value is -2.85. The summed E-state index contributed by atoms with van der Waals surface area (Å²) in [5.41, 5.74) is 2.24. The van der Waals surface area contributed by atoms with Crippen molar-refractivity contribution in [3.8, 4) is 5.75 Å². The van der Waals surface area contributed by atoms with E-state index in [4.69, 9.17) is 16.3 Å². The molecule has 0 fully saturated rings. The number of nitrogens with zero attached hydrogens (tertiary/aromatic N) is 1. The number of halogens is 1. The van der Waals surface area contributed by atoms with E-state index in [0.717, 1.165) is 11.3 Å².